The second kappa shape index (κ2) is 7.99. The van der Waals surface area contributed by atoms with Crippen LogP contribution < -0.4 is 9.47 Å². The minimum absolute atomic E-state index is 0.256. The summed E-state index contributed by atoms with van der Waals surface area (Å²) in [7, 11) is 3.24. The number of halogens is 1. The number of carbonyl (C=O) groups is 1. The minimum atomic E-state index is -0.311. The van der Waals surface area contributed by atoms with Crippen LogP contribution in [0.25, 0.3) is 0 Å². The summed E-state index contributed by atoms with van der Waals surface area (Å²) in [6, 6.07) is 11.6. The number of amides is 1. The SMILES string of the molecule is CCOC(=O)N1CCc2cc(OC)c(OC)cc2[C@@H]1c1ccccc1Br. The molecule has 1 atom stereocenters. The Morgan fingerprint density at radius 2 is 1.85 bits per heavy atom. The number of fused-ring (bicyclic) bond motifs is 1. The highest BCUT2D eigenvalue weighted by Gasteiger charge is 2.35. The Kier molecular flexibility index (Phi) is 5.71. The normalized spacial score (nSPS) is 16.0. The van der Waals surface area contributed by atoms with E-state index in [1.54, 1.807) is 19.1 Å². The highest BCUT2D eigenvalue weighted by Crippen LogP contribution is 2.42. The third-order valence-electron chi connectivity index (χ3n) is 4.58. The molecule has 1 aliphatic rings. The van der Waals surface area contributed by atoms with Gasteiger partial charge in [0, 0.05) is 11.0 Å². The summed E-state index contributed by atoms with van der Waals surface area (Å²) in [6.07, 6.45) is 0.420. The summed E-state index contributed by atoms with van der Waals surface area (Å²) in [4.78, 5) is 14.4. The molecule has 1 aliphatic heterocycles. The third-order valence-corrected chi connectivity index (χ3v) is 5.30. The molecule has 0 unspecified atom stereocenters. The van der Waals surface area contributed by atoms with Crippen molar-refractivity contribution in [3.05, 3.63) is 57.6 Å². The molecule has 5 nitrogen and oxygen atoms in total. The molecule has 0 radical (unpaired) electrons. The Bertz CT molecular complexity index is 808. The number of hydrogen-bond acceptors (Lipinski definition) is 4. The van der Waals surface area contributed by atoms with Gasteiger partial charge in [0.15, 0.2) is 11.5 Å². The van der Waals surface area contributed by atoms with E-state index in [1.807, 2.05) is 43.3 Å². The van der Waals surface area contributed by atoms with E-state index in [9.17, 15) is 4.79 Å². The summed E-state index contributed by atoms with van der Waals surface area (Å²) in [5, 5.41) is 0. The first-order valence-corrected chi connectivity index (χ1v) is 9.32. The van der Waals surface area contributed by atoms with E-state index in [1.165, 1.54) is 0 Å². The molecule has 138 valence electrons. The molecule has 0 N–H and O–H groups in total. The molecule has 2 aromatic rings. The van der Waals surface area contributed by atoms with Crippen molar-refractivity contribution in [2.24, 2.45) is 0 Å². The van der Waals surface area contributed by atoms with E-state index in [-0.39, 0.29) is 12.1 Å². The van der Waals surface area contributed by atoms with E-state index < -0.39 is 0 Å². The van der Waals surface area contributed by atoms with Crippen molar-refractivity contribution in [1.29, 1.82) is 0 Å². The molecular formula is C20H22BrNO4. The highest BCUT2D eigenvalue weighted by atomic mass is 79.9. The Morgan fingerprint density at radius 3 is 2.50 bits per heavy atom. The number of methoxy groups -OCH3 is 2. The second-order valence-corrected chi connectivity index (χ2v) is 6.83. The molecule has 1 heterocycles. The van der Waals surface area contributed by atoms with Crippen LogP contribution in [0.5, 0.6) is 11.5 Å². The zero-order chi connectivity index (χ0) is 18.7. The maximum Gasteiger partial charge on any atom is 0.410 e. The van der Waals surface area contributed by atoms with Crippen LogP contribution in [0.4, 0.5) is 4.79 Å². The van der Waals surface area contributed by atoms with Crippen molar-refractivity contribution >= 4 is 22.0 Å². The largest absolute Gasteiger partial charge is 0.493 e. The van der Waals surface area contributed by atoms with Gasteiger partial charge in [-0.2, -0.15) is 0 Å². The van der Waals surface area contributed by atoms with Crippen LogP contribution in [0.15, 0.2) is 40.9 Å². The number of carbonyl (C=O) groups excluding carboxylic acids is 1. The third kappa shape index (κ3) is 3.38. The average Bonchev–Trinajstić information content (AvgIpc) is 2.66. The lowest BCUT2D eigenvalue weighted by molar-refractivity contribution is 0.0935. The Morgan fingerprint density at radius 1 is 1.15 bits per heavy atom. The van der Waals surface area contributed by atoms with Crippen molar-refractivity contribution in [2.45, 2.75) is 19.4 Å². The molecule has 6 heteroatoms. The summed E-state index contributed by atoms with van der Waals surface area (Å²) in [6.45, 7) is 2.74. The number of benzene rings is 2. The predicted octanol–water partition coefficient (Wildman–Crippen LogP) is 4.57. The number of nitrogens with zero attached hydrogens (tertiary/aromatic N) is 1. The first-order valence-electron chi connectivity index (χ1n) is 8.53. The quantitative estimate of drug-likeness (QED) is 0.727. The lowest BCUT2D eigenvalue weighted by Gasteiger charge is -2.37. The molecular weight excluding hydrogens is 398 g/mol. The standard InChI is InChI=1S/C20H22BrNO4/c1-4-26-20(23)22-10-9-13-11-17(24-2)18(25-3)12-15(13)19(22)14-7-5-6-8-16(14)21/h5-8,11-12,19H,4,9-10H2,1-3H3/t19-/m0/s1. The van der Waals surface area contributed by atoms with Gasteiger partial charge in [0.25, 0.3) is 0 Å². The van der Waals surface area contributed by atoms with E-state index in [0.29, 0.717) is 24.7 Å². The van der Waals surface area contributed by atoms with Crippen LogP contribution in [0.2, 0.25) is 0 Å². The van der Waals surface area contributed by atoms with Crippen molar-refractivity contribution in [3.63, 3.8) is 0 Å². The molecule has 1 amide bonds. The predicted molar refractivity (Wildman–Crippen MR) is 103 cm³/mol. The second-order valence-electron chi connectivity index (χ2n) is 5.97. The molecule has 0 spiro atoms. The Hall–Kier alpha value is -2.21. The monoisotopic (exact) mass is 419 g/mol. The topological polar surface area (TPSA) is 48.0 Å². The molecule has 3 rings (SSSR count). The molecule has 0 saturated carbocycles. The fraction of sp³-hybridized carbons (Fsp3) is 0.350. The fourth-order valence-corrected chi connectivity index (χ4v) is 3.88. The van der Waals surface area contributed by atoms with Crippen LogP contribution in [0.1, 0.15) is 29.7 Å². The summed E-state index contributed by atoms with van der Waals surface area (Å²) in [5.41, 5.74) is 3.17. The molecule has 26 heavy (non-hydrogen) atoms. The fourth-order valence-electron chi connectivity index (χ4n) is 3.38. The first-order chi connectivity index (χ1) is 12.6. The Balaban J connectivity index is 2.17. The van der Waals surface area contributed by atoms with Gasteiger partial charge in [-0.1, -0.05) is 34.1 Å². The van der Waals surface area contributed by atoms with Crippen LogP contribution in [-0.2, 0) is 11.2 Å². The molecule has 0 saturated heterocycles. The zero-order valence-corrected chi connectivity index (χ0v) is 16.7. The van der Waals surface area contributed by atoms with E-state index in [0.717, 1.165) is 27.6 Å². The maximum absolute atomic E-state index is 12.6. The zero-order valence-electron chi connectivity index (χ0n) is 15.1. The number of rotatable bonds is 4. The smallest absolute Gasteiger partial charge is 0.410 e. The van der Waals surface area contributed by atoms with Crippen LogP contribution in [0, 0.1) is 0 Å². The molecule has 0 bridgehead atoms. The average molecular weight is 420 g/mol. The van der Waals surface area contributed by atoms with Gasteiger partial charge >= 0.3 is 6.09 Å². The van der Waals surface area contributed by atoms with Gasteiger partial charge in [0.05, 0.1) is 26.9 Å². The first kappa shape index (κ1) is 18.6. The van der Waals surface area contributed by atoms with Gasteiger partial charge in [-0.05, 0) is 48.2 Å². The highest BCUT2D eigenvalue weighted by molar-refractivity contribution is 9.10. The summed E-state index contributed by atoms with van der Waals surface area (Å²) in [5.74, 6) is 1.34. The molecule has 2 aromatic carbocycles. The van der Waals surface area contributed by atoms with Gasteiger partial charge in [-0.25, -0.2) is 4.79 Å². The molecule has 0 aromatic heterocycles. The van der Waals surface area contributed by atoms with Crippen molar-refractivity contribution in [1.82, 2.24) is 4.90 Å². The molecule has 0 aliphatic carbocycles. The molecule has 0 fully saturated rings. The lowest BCUT2D eigenvalue weighted by Crippen LogP contribution is -2.41. The lowest BCUT2D eigenvalue weighted by atomic mass is 9.88. The van der Waals surface area contributed by atoms with E-state index in [2.05, 4.69) is 15.9 Å². The van der Waals surface area contributed by atoms with Crippen LogP contribution >= 0.6 is 15.9 Å². The van der Waals surface area contributed by atoms with Gasteiger partial charge in [-0.3, -0.25) is 4.90 Å². The van der Waals surface area contributed by atoms with E-state index >= 15 is 0 Å². The maximum atomic E-state index is 12.6. The minimum Gasteiger partial charge on any atom is -0.493 e. The number of hydrogen-bond donors (Lipinski definition) is 0. The summed E-state index contributed by atoms with van der Waals surface area (Å²) < 4.78 is 17.2. The van der Waals surface area contributed by atoms with Gasteiger partial charge in [0.2, 0.25) is 0 Å². The van der Waals surface area contributed by atoms with Crippen molar-refractivity contribution in [2.75, 3.05) is 27.4 Å². The van der Waals surface area contributed by atoms with Crippen LogP contribution in [-0.4, -0.2) is 38.4 Å². The van der Waals surface area contributed by atoms with Gasteiger partial charge < -0.3 is 14.2 Å². The number of ether oxygens (including phenoxy) is 3. The van der Waals surface area contributed by atoms with Crippen molar-refractivity contribution in [3.8, 4) is 11.5 Å². The Labute approximate surface area is 162 Å². The van der Waals surface area contributed by atoms with Gasteiger partial charge in [0.1, 0.15) is 0 Å². The van der Waals surface area contributed by atoms with E-state index in [4.69, 9.17) is 14.2 Å². The van der Waals surface area contributed by atoms with Crippen molar-refractivity contribution < 1.29 is 19.0 Å². The summed E-state index contributed by atoms with van der Waals surface area (Å²) >= 11 is 3.63. The van der Waals surface area contributed by atoms with Gasteiger partial charge in [-0.15, -0.1) is 0 Å². The van der Waals surface area contributed by atoms with Crippen LogP contribution in [0.3, 0.4) is 0 Å².